The minimum Gasteiger partial charge on any atom is -0.326 e. The van der Waals surface area contributed by atoms with Gasteiger partial charge in [-0.25, -0.2) is 0 Å². The van der Waals surface area contributed by atoms with Crippen molar-refractivity contribution in [3.63, 3.8) is 0 Å². The molecule has 3 rings (SSSR count). The molecule has 112 valence electrons. The topological polar surface area (TPSA) is 70.0 Å². The first-order valence-electron chi connectivity index (χ1n) is 7.31. The van der Waals surface area contributed by atoms with E-state index in [1.165, 1.54) is 6.08 Å². The monoisotopic (exact) mass is 302 g/mol. The lowest BCUT2D eigenvalue weighted by Gasteiger charge is -2.16. The molecule has 0 saturated carbocycles. The van der Waals surface area contributed by atoms with Crippen LogP contribution in [0.25, 0.3) is 6.08 Å². The molecular formula is C19H14N2O2. The van der Waals surface area contributed by atoms with Crippen molar-refractivity contribution < 1.29 is 9.59 Å². The van der Waals surface area contributed by atoms with E-state index in [4.69, 9.17) is 5.26 Å². The van der Waals surface area contributed by atoms with Gasteiger partial charge >= 0.3 is 0 Å². The maximum atomic E-state index is 12.3. The van der Waals surface area contributed by atoms with Crippen molar-refractivity contribution in [2.45, 2.75) is 12.8 Å². The second-order valence-electron chi connectivity index (χ2n) is 5.35. The highest BCUT2D eigenvalue weighted by Crippen LogP contribution is 2.24. The number of allylic oxidation sites excluding steroid dienone is 1. The average Bonchev–Trinajstić information content (AvgIpc) is 2.59. The minimum atomic E-state index is -0.105. The Kier molecular flexibility index (Phi) is 4.03. The number of ketones is 1. The lowest BCUT2D eigenvalue weighted by atomic mass is 9.98. The third kappa shape index (κ3) is 3.35. The fraction of sp³-hybridized carbons (Fsp3) is 0.105. The van der Waals surface area contributed by atoms with Crippen LogP contribution in [0.2, 0.25) is 0 Å². The first kappa shape index (κ1) is 14.7. The fourth-order valence-electron chi connectivity index (χ4n) is 2.52. The summed E-state index contributed by atoms with van der Waals surface area (Å²) in [6, 6.07) is 14.4. The van der Waals surface area contributed by atoms with Gasteiger partial charge in [-0.2, -0.15) is 5.26 Å². The zero-order valence-electron chi connectivity index (χ0n) is 12.4. The van der Waals surface area contributed by atoms with Crippen molar-refractivity contribution >= 4 is 23.5 Å². The van der Waals surface area contributed by atoms with Crippen LogP contribution in [0.1, 0.15) is 33.5 Å². The van der Waals surface area contributed by atoms with Gasteiger partial charge in [0.1, 0.15) is 0 Å². The molecule has 0 aliphatic carbocycles. The summed E-state index contributed by atoms with van der Waals surface area (Å²) in [4.78, 5) is 23.6. The van der Waals surface area contributed by atoms with Crippen LogP contribution in [0.4, 0.5) is 5.69 Å². The number of anilines is 1. The second-order valence-corrected chi connectivity index (χ2v) is 5.35. The SMILES string of the molecule is N#Cc1cccc(/C=C\C(=O)c2ccc3c(c2)CCC(=O)N3)c1. The number of carbonyl (C=O) groups is 2. The maximum Gasteiger partial charge on any atom is 0.224 e. The van der Waals surface area contributed by atoms with Crippen LogP contribution in [0.5, 0.6) is 0 Å². The molecule has 0 spiro atoms. The van der Waals surface area contributed by atoms with Crippen molar-refractivity contribution in [1.29, 1.82) is 5.26 Å². The molecule has 23 heavy (non-hydrogen) atoms. The summed E-state index contributed by atoms with van der Waals surface area (Å²) in [5, 5.41) is 11.7. The zero-order chi connectivity index (χ0) is 16.2. The molecule has 0 radical (unpaired) electrons. The zero-order valence-corrected chi connectivity index (χ0v) is 12.4. The third-order valence-corrected chi connectivity index (χ3v) is 3.73. The standard InChI is InChI=1S/C19H14N2O2/c20-12-14-3-1-2-13(10-14)4-8-18(22)16-5-7-17-15(11-16)6-9-19(23)21-17/h1-5,7-8,10-11H,6,9H2,(H,21,23)/b8-4-. The van der Waals surface area contributed by atoms with E-state index >= 15 is 0 Å². The van der Waals surface area contributed by atoms with Crippen LogP contribution >= 0.6 is 0 Å². The van der Waals surface area contributed by atoms with Crippen LogP contribution in [0.15, 0.2) is 48.5 Å². The number of carbonyl (C=O) groups excluding carboxylic acids is 2. The first-order valence-corrected chi connectivity index (χ1v) is 7.31. The maximum absolute atomic E-state index is 12.3. The van der Waals surface area contributed by atoms with Gasteiger partial charge in [0, 0.05) is 17.7 Å². The highest BCUT2D eigenvalue weighted by Gasteiger charge is 2.15. The summed E-state index contributed by atoms with van der Waals surface area (Å²) >= 11 is 0. The second kappa shape index (κ2) is 6.29. The minimum absolute atomic E-state index is 0.00819. The summed E-state index contributed by atoms with van der Waals surface area (Å²) in [5.41, 5.74) is 3.72. The number of aryl methyl sites for hydroxylation is 1. The summed E-state index contributed by atoms with van der Waals surface area (Å²) in [6.07, 6.45) is 4.29. The molecule has 0 atom stereocenters. The Morgan fingerprint density at radius 2 is 2.04 bits per heavy atom. The van der Waals surface area contributed by atoms with E-state index in [0.29, 0.717) is 24.0 Å². The summed E-state index contributed by atoms with van der Waals surface area (Å²) < 4.78 is 0. The van der Waals surface area contributed by atoms with Crippen molar-refractivity contribution in [2.24, 2.45) is 0 Å². The molecule has 0 fully saturated rings. The Morgan fingerprint density at radius 1 is 1.17 bits per heavy atom. The molecule has 0 unspecified atom stereocenters. The van der Waals surface area contributed by atoms with E-state index in [1.54, 1.807) is 36.4 Å². The van der Waals surface area contributed by atoms with Gasteiger partial charge in [0.2, 0.25) is 5.91 Å². The highest BCUT2D eigenvalue weighted by molar-refractivity contribution is 6.07. The van der Waals surface area contributed by atoms with E-state index in [9.17, 15) is 9.59 Å². The van der Waals surface area contributed by atoms with E-state index in [0.717, 1.165) is 16.8 Å². The molecule has 1 aliphatic heterocycles. The Hall–Kier alpha value is -3.19. The number of nitrogens with zero attached hydrogens (tertiary/aromatic N) is 1. The van der Waals surface area contributed by atoms with Gasteiger partial charge in [0.05, 0.1) is 11.6 Å². The number of nitrogens with one attached hydrogen (secondary N) is 1. The predicted molar refractivity (Wildman–Crippen MR) is 87.9 cm³/mol. The molecule has 1 N–H and O–H groups in total. The van der Waals surface area contributed by atoms with Crippen LogP contribution < -0.4 is 5.32 Å². The lowest BCUT2D eigenvalue weighted by Crippen LogP contribution is -2.19. The number of benzene rings is 2. The van der Waals surface area contributed by atoms with Gasteiger partial charge in [-0.05, 0) is 54.0 Å². The molecule has 0 aromatic heterocycles. The molecule has 0 saturated heterocycles. The summed E-state index contributed by atoms with van der Waals surface area (Å²) in [7, 11) is 0. The van der Waals surface area contributed by atoms with E-state index in [2.05, 4.69) is 11.4 Å². The third-order valence-electron chi connectivity index (χ3n) is 3.73. The Balaban J connectivity index is 1.79. The van der Waals surface area contributed by atoms with Crippen molar-refractivity contribution in [1.82, 2.24) is 0 Å². The average molecular weight is 302 g/mol. The smallest absolute Gasteiger partial charge is 0.224 e. The van der Waals surface area contributed by atoms with Gasteiger partial charge in [-0.1, -0.05) is 18.2 Å². The van der Waals surface area contributed by atoms with Gasteiger partial charge in [-0.15, -0.1) is 0 Å². The number of amides is 1. The number of rotatable bonds is 3. The Labute approximate surface area is 134 Å². The van der Waals surface area contributed by atoms with Crippen LogP contribution in [-0.2, 0) is 11.2 Å². The summed E-state index contributed by atoms with van der Waals surface area (Å²) in [6.45, 7) is 0. The molecule has 0 bridgehead atoms. The normalized spacial score (nSPS) is 13.3. The van der Waals surface area contributed by atoms with E-state index in [1.807, 2.05) is 12.1 Å². The molecule has 1 aliphatic rings. The lowest BCUT2D eigenvalue weighted by molar-refractivity contribution is -0.116. The molecule has 1 amide bonds. The van der Waals surface area contributed by atoms with E-state index < -0.39 is 0 Å². The predicted octanol–water partition coefficient (Wildman–Crippen LogP) is 3.34. The quantitative estimate of drug-likeness (QED) is 0.698. The van der Waals surface area contributed by atoms with Gasteiger partial charge in [0.25, 0.3) is 0 Å². The molecule has 4 nitrogen and oxygen atoms in total. The van der Waals surface area contributed by atoms with Crippen molar-refractivity contribution in [3.05, 3.63) is 70.8 Å². The van der Waals surface area contributed by atoms with Crippen molar-refractivity contribution in [2.75, 3.05) is 5.32 Å². The number of nitriles is 1. The molecule has 1 heterocycles. The number of hydrogen-bond donors (Lipinski definition) is 1. The molecule has 2 aromatic rings. The van der Waals surface area contributed by atoms with Crippen LogP contribution in [-0.4, -0.2) is 11.7 Å². The highest BCUT2D eigenvalue weighted by atomic mass is 16.1. The van der Waals surface area contributed by atoms with Gasteiger partial charge < -0.3 is 5.32 Å². The Morgan fingerprint density at radius 3 is 2.87 bits per heavy atom. The van der Waals surface area contributed by atoms with Crippen LogP contribution in [0, 0.1) is 11.3 Å². The first-order chi connectivity index (χ1) is 11.2. The molecular weight excluding hydrogens is 288 g/mol. The summed E-state index contributed by atoms with van der Waals surface area (Å²) in [5.74, 6) is -0.0964. The van der Waals surface area contributed by atoms with Crippen molar-refractivity contribution in [3.8, 4) is 6.07 Å². The molecule has 2 aromatic carbocycles. The number of hydrogen-bond acceptors (Lipinski definition) is 3. The van der Waals surface area contributed by atoms with Crippen LogP contribution in [0.3, 0.4) is 0 Å². The fourth-order valence-corrected chi connectivity index (χ4v) is 2.52. The Bertz CT molecular complexity index is 860. The molecule has 4 heteroatoms. The van der Waals surface area contributed by atoms with Gasteiger partial charge in [0.15, 0.2) is 5.78 Å². The number of fused-ring (bicyclic) bond motifs is 1. The van der Waals surface area contributed by atoms with E-state index in [-0.39, 0.29) is 11.7 Å². The largest absolute Gasteiger partial charge is 0.326 e. The van der Waals surface area contributed by atoms with Gasteiger partial charge in [-0.3, -0.25) is 9.59 Å².